The molecule has 0 saturated heterocycles. The maximum Gasteiger partial charge on any atom is 0.144 e. The van der Waals surface area contributed by atoms with Crippen molar-refractivity contribution in [1.82, 2.24) is 9.97 Å². The fourth-order valence-electron chi connectivity index (χ4n) is 1.09. The third-order valence-electron chi connectivity index (χ3n) is 2.11. The first-order valence-electron chi connectivity index (χ1n) is 4.67. The molecule has 1 atom stereocenters. The van der Waals surface area contributed by atoms with Gasteiger partial charge in [-0.15, -0.1) is 0 Å². The van der Waals surface area contributed by atoms with Gasteiger partial charge in [-0.05, 0) is 5.41 Å². The van der Waals surface area contributed by atoms with Crippen LogP contribution in [-0.4, -0.2) is 27.7 Å². The minimum absolute atomic E-state index is 0.00767. The molecule has 1 aromatic rings. The molecule has 0 bridgehead atoms. The van der Waals surface area contributed by atoms with Gasteiger partial charge in [0, 0.05) is 12.4 Å². The summed E-state index contributed by atoms with van der Waals surface area (Å²) in [4.78, 5) is 8.04. The lowest BCUT2D eigenvalue weighted by atomic mass is 9.87. The number of hydrogen-bond donors (Lipinski definition) is 2. The first kappa shape index (κ1) is 10.9. The molecule has 0 aromatic carbocycles. The standard InChI is InChI=1S/C10H17N3O/c1-10(2,3)8(7-14)13-9-6-11-4-5-12-9/h4-6,8,14H,7H2,1-3H3,(H,12,13). The molecule has 4 nitrogen and oxygen atoms in total. The van der Waals surface area contributed by atoms with Gasteiger partial charge in [0.05, 0.1) is 18.8 Å². The van der Waals surface area contributed by atoms with Gasteiger partial charge in [0.1, 0.15) is 5.82 Å². The van der Waals surface area contributed by atoms with Crippen LogP contribution >= 0.6 is 0 Å². The largest absolute Gasteiger partial charge is 0.394 e. The minimum Gasteiger partial charge on any atom is -0.394 e. The van der Waals surface area contributed by atoms with Gasteiger partial charge in [0.2, 0.25) is 0 Å². The molecular weight excluding hydrogens is 178 g/mol. The first-order chi connectivity index (χ1) is 6.54. The maximum absolute atomic E-state index is 9.21. The van der Waals surface area contributed by atoms with Crippen molar-refractivity contribution in [3.8, 4) is 0 Å². The molecule has 14 heavy (non-hydrogen) atoms. The highest BCUT2D eigenvalue weighted by Gasteiger charge is 2.23. The van der Waals surface area contributed by atoms with E-state index in [0.29, 0.717) is 5.82 Å². The molecule has 1 rings (SSSR count). The van der Waals surface area contributed by atoms with Crippen molar-refractivity contribution in [1.29, 1.82) is 0 Å². The molecule has 1 unspecified atom stereocenters. The Morgan fingerprint density at radius 3 is 2.57 bits per heavy atom. The lowest BCUT2D eigenvalue weighted by Crippen LogP contribution is -2.37. The summed E-state index contributed by atoms with van der Waals surface area (Å²) in [6.45, 7) is 6.28. The quantitative estimate of drug-likeness (QED) is 0.763. The van der Waals surface area contributed by atoms with Crippen LogP contribution in [0.3, 0.4) is 0 Å². The van der Waals surface area contributed by atoms with Crippen molar-refractivity contribution in [3.05, 3.63) is 18.6 Å². The average molecular weight is 195 g/mol. The van der Waals surface area contributed by atoms with E-state index in [1.807, 2.05) is 0 Å². The van der Waals surface area contributed by atoms with Crippen LogP contribution in [0, 0.1) is 5.41 Å². The summed E-state index contributed by atoms with van der Waals surface area (Å²) < 4.78 is 0. The van der Waals surface area contributed by atoms with Crippen LogP contribution in [0.15, 0.2) is 18.6 Å². The average Bonchev–Trinajstić information content (AvgIpc) is 2.14. The van der Waals surface area contributed by atoms with Crippen LogP contribution in [0.5, 0.6) is 0 Å². The Bertz CT molecular complexity index is 268. The Labute approximate surface area is 84.4 Å². The molecule has 0 spiro atoms. The molecular formula is C10H17N3O. The Morgan fingerprint density at radius 1 is 1.43 bits per heavy atom. The van der Waals surface area contributed by atoms with Crippen molar-refractivity contribution >= 4 is 5.82 Å². The molecule has 0 saturated carbocycles. The van der Waals surface area contributed by atoms with Gasteiger partial charge in [-0.25, -0.2) is 4.98 Å². The third kappa shape index (κ3) is 2.96. The molecule has 1 heterocycles. The molecule has 0 amide bonds. The van der Waals surface area contributed by atoms with Gasteiger partial charge in [-0.3, -0.25) is 4.98 Å². The number of nitrogens with zero attached hydrogens (tertiary/aromatic N) is 2. The molecule has 1 aromatic heterocycles. The lowest BCUT2D eigenvalue weighted by molar-refractivity contribution is 0.201. The van der Waals surface area contributed by atoms with Crippen molar-refractivity contribution in [3.63, 3.8) is 0 Å². The summed E-state index contributed by atoms with van der Waals surface area (Å²) in [6, 6.07) is -0.0146. The Morgan fingerprint density at radius 2 is 2.14 bits per heavy atom. The second kappa shape index (κ2) is 4.37. The third-order valence-corrected chi connectivity index (χ3v) is 2.11. The van der Waals surface area contributed by atoms with Crippen LogP contribution < -0.4 is 5.32 Å². The van der Waals surface area contributed by atoms with Gasteiger partial charge in [0.15, 0.2) is 0 Å². The SMILES string of the molecule is CC(C)(C)C(CO)Nc1cnccn1. The van der Waals surface area contributed by atoms with Crippen LogP contribution in [0.4, 0.5) is 5.82 Å². The number of aliphatic hydroxyl groups excluding tert-OH is 1. The second-order valence-electron chi connectivity index (χ2n) is 4.34. The number of anilines is 1. The zero-order valence-corrected chi connectivity index (χ0v) is 8.86. The van der Waals surface area contributed by atoms with Gasteiger partial charge in [0.25, 0.3) is 0 Å². The van der Waals surface area contributed by atoms with Crippen molar-refractivity contribution in [2.45, 2.75) is 26.8 Å². The van der Waals surface area contributed by atoms with Crippen molar-refractivity contribution < 1.29 is 5.11 Å². The molecule has 0 aliphatic rings. The lowest BCUT2D eigenvalue weighted by Gasteiger charge is -2.30. The highest BCUT2D eigenvalue weighted by molar-refractivity contribution is 5.32. The van der Waals surface area contributed by atoms with E-state index in [4.69, 9.17) is 0 Å². The van der Waals surface area contributed by atoms with Gasteiger partial charge in [-0.2, -0.15) is 0 Å². The minimum atomic E-state index is -0.0146. The smallest absolute Gasteiger partial charge is 0.144 e. The zero-order chi connectivity index (χ0) is 10.6. The van der Waals surface area contributed by atoms with E-state index in [0.717, 1.165) is 0 Å². The molecule has 0 aliphatic carbocycles. The van der Waals surface area contributed by atoms with E-state index in [2.05, 4.69) is 36.1 Å². The van der Waals surface area contributed by atoms with Crippen molar-refractivity contribution in [2.24, 2.45) is 5.41 Å². The number of aromatic nitrogens is 2. The topological polar surface area (TPSA) is 58.0 Å². The van der Waals surface area contributed by atoms with E-state index in [1.54, 1.807) is 18.6 Å². The summed E-state index contributed by atoms with van der Waals surface area (Å²) in [5, 5.41) is 12.4. The fraction of sp³-hybridized carbons (Fsp3) is 0.600. The molecule has 0 fully saturated rings. The van der Waals surface area contributed by atoms with Crippen LogP contribution in [0.1, 0.15) is 20.8 Å². The molecule has 2 N–H and O–H groups in total. The van der Waals surface area contributed by atoms with Gasteiger partial charge < -0.3 is 10.4 Å². The Kier molecular flexibility index (Phi) is 3.41. The maximum atomic E-state index is 9.21. The molecule has 4 heteroatoms. The predicted molar refractivity (Wildman–Crippen MR) is 56.0 cm³/mol. The molecule has 0 aliphatic heterocycles. The Hall–Kier alpha value is -1.16. The first-order valence-corrected chi connectivity index (χ1v) is 4.67. The number of nitrogens with one attached hydrogen (secondary N) is 1. The van der Waals surface area contributed by atoms with Crippen LogP contribution in [0.2, 0.25) is 0 Å². The summed E-state index contributed by atoms with van der Waals surface area (Å²) in [5.41, 5.74) is -0.00767. The Balaban J connectivity index is 2.67. The summed E-state index contributed by atoms with van der Waals surface area (Å²) in [6.07, 6.45) is 4.89. The van der Waals surface area contributed by atoms with E-state index in [1.165, 1.54) is 0 Å². The summed E-state index contributed by atoms with van der Waals surface area (Å²) in [7, 11) is 0. The number of aliphatic hydroxyl groups is 1. The monoisotopic (exact) mass is 195 g/mol. The van der Waals surface area contributed by atoms with Gasteiger partial charge in [-0.1, -0.05) is 20.8 Å². The van der Waals surface area contributed by atoms with Crippen LogP contribution in [0.25, 0.3) is 0 Å². The second-order valence-corrected chi connectivity index (χ2v) is 4.34. The normalized spacial score (nSPS) is 13.7. The van der Waals surface area contributed by atoms with Gasteiger partial charge >= 0.3 is 0 Å². The van der Waals surface area contributed by atoms with E-state index < -0.39 is 0 Å². The fourth-order valence-corrected chi connectivity index (χ4v) is 1.09. The van der Waals surface area contributed by atoms with Crippen molar-refractivity contribution in [2.75, 3.05) is 11.9 Å². The highest BCUT2D eigenvalue weighted by atomic mass is 16.3. The summed E-state index contributed by atoms with van der Waals surface area (Å²) >= 11 is 0. The summed E-state index contributed by atoms with van der Waals surface area (Å²) in [5.74, 6) is 0.696. The molecule has 78 valence electrons. The number of hydrogen-bond acceptors (Lipinski definition) is 4. The number of rotatable bonds is 3. The van der Waals surface area contributed by atoms with E-state index in [9.17, 15) is 5.11 Å². The molecule has 0 radical (unpaired) electrons. The zero-order valence-electron chi connectivity index (χ0n) is 8.86. The van der Waals surface area contributed by atoms with Crippen LogP contribution in [-0.2, 0) is 0 Å². The highest BCUT2D eigenvalue weighted by Crippen LogP contribution is 2.21. The van der Waals surface area contributed by atoms with E-state index in [-0.39, 0.29) is 18.1 Å². The predicted octanol–water partition coefficient (Wildman–Crippen LogP) is 1.30. The van der Waals surface area contributed by atoms with E-state index >= 15 is 0 Å².